The molecule has 0 unspecified atom stereocenters. The van der Waals surface area contributed by atoms with Crippen LogP contribution in [0.15, 0.2) is 24.8 Å². The summed E-state index contributed by atoms with van der Waals surface area (Å²) < 4.78 is 0. The molecule has 0 amide bonds. The topological polar surface area (TPSA) is 31.5 Å². The SMILES string of the molecule is C=Cc1ccc(C)cc1C.O. The maximum atomic E-state index is 3.72. The van der Waals surface area contributed by atoms with E-state index in [4.69, 9.17) is 0 Å². The lowest BCUT2D eigenvalue weighted by Gasteiger charge is -1.99. The second kappa shape index (κ2) is 3.94. The van der Waals surface area contributed by atoms with Gasteiger partial charge in [-0.2, -0.15) is 0 Å². The third kappa shape index (κ3) is 2.20. The van der Waals surface area contributed by atoms with Crippen LogP contribution >= 0.6 is 0 Å². The van der Waals surface area contributed by atoms with Crippen LogP contribution in [0.1, 0.15) is 16.7 Å². The summed E-state index contributed by atoms with van der Waals surface area (Å²) in [5.41, 5.74) is 3.84. The van der Waals surface area contributed by atoms with Gasteiger partial charge in [0.05, 0.1) is 0 Å². The minimum atomic E-state index is 0. The van der Waals surface area contributed by atoms with Crippen molar-refractivity contribution in [3.8, 4) is 0 Å². The molecule has 0 aliphatic rings. The van der Waals surface area contributed by atoms with Crippen LogP contribution in [0.25, 0.3) is 6.08 Å². The summed E-state index contributed by atoms with van der Waals surface area (Å²) in [6.07, 6.45) is 1.88. The zero-order valence-electron chi connectivity index (χ0n) is 7.02. The van der Waals surface area contributed by atoms with Gasteiger partial charge in [0.2, 0.25) is 0 Å². The van der Waals surface area contributed by atoms with Crippen molar-refractivity contribution in [1.29, 1.82) is 0 Å². The Balaban J connectivity index is 0.000001000. The van der Waals surface area contributed by atoms with Crippen molar-refractivity contribution in [3.63, 3.8) is 0 Å². The molecule has 1 nitrogen and oxygen atoms in total. The lowest BCUT2D eigenvalue weighted by atomic mass is 10.1. The molecule has 1 aromatic carbocycles. The first-order valence-corrected chi connectivity index (χ1v) is 3.43. The molecule has 0 aliphatic carbocycles. The fourth-order valence-corrected chi connectivity index (χ4v) is 1.05. The zero-order valence-corrected chi connectivity index (χ0v) is 7.02. The van der Waals surface area contributed by atoms with Crippen molar-refractivity contribution in [2.24, 2.45) is 0 Å². The molecule has 0 bridgehead atoms. The molecular weight excluding hydrogens is 136 g/mol. The summed E-state index contributed by atoms with van der Waals surface area (Å²) >= 11 is 0. The van der Waals surface area contributed by atoms with Gasteiger partial charge in [-0.3, -0.25) is 0 Å². The molecule has 11 heavy (non-hydrogen) atoms. The van der Waals surface area contributed by atoms with Crippen molar-refractivity contribution in [3.05, 3.63) is 41.5 Å². The van der Waals surface area contributed by atoms with Crippen molar-refractivity contribution in [1.82, 2.24) is 0 Å². The molecule has 1 rings (SSSR count). The van der Waals surface area contributed by atoms with Crippen molar-refractivity contribution < 1.29 is 5.48 Å². The molecule has 60 valence electrons. The van der Waals surface area contributed by atoms with Crippen LogP contribution in [-0.2, 0) is 0 Å². The second-order valence-electron chi connectivity index (χ2n) is 2.56. The van der Waals surface area contributed by atoms with Crippen molar-refractivity contribution >= 4 is 6.08 Å². The lowest BCUT2D eigenvalue weighted by molar-refractivity contribution is 0.824. The molecule has 0 saturated carbocycles. The molecule has 0 atom stereocenters. The van der Waals surface area contributed by atoms with E-state index in [1.165, 1.54) is 16.7 Å². The van der Waals surface area contributed by atoms with Crippen LogP contribution in [0.4, 0.5) is 0 Å². The minimum absolute atomic E-state index is 0. The largest absolute Gasteiger partial charge is 0.412 e. The molecule has 1 aromatic rings. The van der Waals surface area contributed by atoms with E-state index in [-0.39, 0.29) is 5.48 Å². The molecule has 0 spiro atoms. The highest BCUT2D eigenvalue weighted by Crippen LogP contribution is 2.10. The van der Waals surface area contributed by atoms with Crippen LogP contribution in [0.5, 0.6) is 0 Å². The predicted molar refractivity (Wildman–Crippen MR) is 49.6 cm³/mol. The average molecular weight is 150 g/mol. The minimum Gasteiger partial charge on any atom is -0.412 e. The predicted octanol–water partition coefficient (Wildman–Crippen LogP) is 2.12. The second-order valence-corrected chi connectivity index (χ2v) is 2.56. The number of hydrogen-bond donors (Lipinski definition) is 0. The highest BCUT2D eigenvalue weighted by atomic mass is 16.0. The van der Waals surface area contributed by atoms with Gasteiger partial charge in [-0.15, -0.1) is 0 Å². The molecular formula is C10H14O. The molecule has 1 heteroatoms. The third-order valence-corrected chi connectivity index (χ3v) is 1.65. The first-order valence-electron chi connectivity index (χ1n) is 3.43. The van der Waals surface area contributed by atoms with Crippen LogP contribution in [0.2, 0.25) is 0 Å². The molecule has 0 aliphatic heterocycles. The Morgan fingerprint density at radius 1 is 1.27 bits per heavy atom. The summed E-state index contributed by atoms with van der Waals surface area (Å²) in [5, 5.41) is 0. The van der Waals surface area contributed by atoms with E-state index in [0.29, 0.717) is 0 Å². The third-order valence-electron chi connectivity index (χ3n) is 1.65. The Kier molecular flexibility index (Phi) is 3.55. The Bertz CT molecular complexity index is 251. The zero-order chi connectivity index (χ0) is 7.56. The van der Waals surface area contributed by atoms with Crippen molar-refractivity contribution in [2.75, 3.05) is 0 Å². The average Bonchev–Trinajstić information content (AvgIpc) is 1.88. The number of benzene rings is 1. The first kappa shape index (κ1) is 9.92. The van der Waals surface area contributed by atoms with Gasteiger partial charge in [0.1, 0.15) is 0 Å². The number of aryl methyl sites for hydroxylation is 2. The lowest BCUT2D eigenvalue weighted by Crippen LogP contribution is -1.80. The van der Waals surface area contributed by atoms with Crippen molar-refractivity contribution in [2.45, 2.75) is 13.8 Å². The Morgan fingerprint density at radius 2 is 1.91 bits per heavy atom. The number of hydrogen-bond acceptors (Lipinski definition) is 0. The van der Waals surface area contributed by atoms with Crippen LogP contribution in [0.3, 0.4) is 0 Å². The summed E-state index contributed by atoms with van der Waals surface area (Å²) in [7, 11) is 0. The van der Waals surface area contributed by atoms with E-state index < -0.39 is 0 Å². The molecule has 0 fully saturated rings. The van der Waals surface area contributed by atoms with E-state index in [1.807, 2.05) is 6.08 Å². The Morgan fingerprint density at radius 3 is 2.36 bits per heavy atom. The van der Waals surface area contributed by atoms with Gasteiger partial charge in [-0.1, -0.05) is 36.4 Å². The fraction of sp³-hybridized carbons (Fsp3) is 0.200. The van der Waals surface area contributed by atoms with E-state index in [2.05, 4.69) is 38.6 Å². The molecule has 0 aromatic heterocycles. The van der Waals surface area contributed by atoms with E-state index in [9.17, 15) is 0 Å². The van der Waals surface area contributed by atoms with Gasteiger partial charge in [-0.05, 0) is 25.0 Å². The van der Waals surface area contributed by atoms with Crippen LogP contribution < -0.4 is 0 Å². The molecule has 0 saturated heterocycles. The van der Waals surface area contributed by atoms with Crippen LogP contribution in [-0.4, -0.2) is 5.48 Å². The highest BCUT2D eigenvalue weighted by molar-refractivity contribution is 5.52. The quantitative estimate of drug-likeness (QED) is 0.587. The summed E-state index contributed by atoms with van der Waals surface area (Å²) in [6, 6.07) is 6.36. The van der Waals surface area contributed by atoms with Gasteiger partial charge in [0.25, 0.3) is 0 Å². The monoisotopic (exact) mass is 150 g/mol. The summed E-state index contributed by atoms with van der Waals surface area (Å²) in [4.78, 5) is 0. The van der Waals surface area contributed by atoms with E-state index >= 15 is 0 Å². The number of rotatable bonds is 1. The van der Waals surface area contributed by atoms with E-state index in [0.717, 1.165) is 0 Å². The van der Waals surface area contributed by atoms with Gasteiger partial charge >= 0.3 is 0 Å². The van der Waals surface area contributed by atoms with Crippen LogP contribution in [0, 0.1) is 13.8 Å². The van der Waals surface area contributed by atoms with Gasteiger partial charge < -0.3 is 5.48 Å². The standard InChI is InChI=1S/C10H12.H2O/c1-4-10-6-5-8(2)7-9(10)3;/h4-7H,1H2,2-3H3;1H2. The van der Waals surface area contributed by atoms with Gasteiger partial charge in [0, 0.05) is 0 Å². The first-order chi connectivity index (χ1) is 4.74. The van der Waals surface area contributed by atoms with Gasteiger partial charge in [0.15, 0.2) is 0 Å². The maximum absolute atomic E-state index is 3.72. The molecule has 2 N–H and O–H groups in total. The smallest absolute Gasteiger partial charge is 0.0233 e. The molecule has 0 heterocycles. The molecule has 0 radical (unpaired) electrons. The summed E-state index contributed by atoms with van der Waals surface area (Å²) in [6.45, 7) is 7.92. The normalized spacial score (nSPS) is 8.55. The van der Waals surface area contributed by atoms with Gasteiger partial charge in [-0.25, -0.2) is 0 Å². The fourth-order valence-electron chi connectivity index (χ4n) is 1.05. The summed E-state index contributed by atoms with van der Waals surface area (Å²) in [5.74, 6) is 0. The maximum Gasteiger partial charge on any atom is -0.0233 e. The Hall–Kier alpha value is -1.08. The van der Waals surface area contributed by atoms with E-state index in [1.54, 1.807) is 0 Å². The Labute approximate surface area is 67.7 Å². The highest BCUT2D eigenvalue weighted by Gasteiger charge is 1.91.